The molecule has 1 saturated carbocycles. The Labute approximate surface area is 188 Å². The van der Waals surface area contributed by atoms with Crippen LogP contribution in [-0.2, 0) is 9.59 Å². The van der Waals surface area contributed by atoms with Crippen molar-refractivity contribution >= 4 is 23.4 Å². The maximum atomic E-state index is 13.7. The fourth-order valence-electron chi connectivity index (χ4n) is 4.78. The number of carbonyl (C=O) groups excluding carboxylic acids is 3. The SMILES string of the molecule is COc1ccccc1C(=O)N1[C@@H](CC(=O)Nc2ccccc2C)C(=O)N[C@@H]2CCCC[C@@H]21. The van der Waals surface area contributed by atoms with E-state index in [0.29, 0.717) is 17.0 Å². The van der Waals surface area contributed by atoms with Gasteiger partial charge in [-0.05, 0) is 43.5 Å². The number of nitrogens with zero attached hydrogens (tertiary/aromatic N) is 1. The van der Waals surface area contributed by atoms with Crippen molar-refractivity contribution in [2.45, 2.75) is 57.2 Å². The minimum absolute atomic E-state index is 0.0920. The molecule has 3 atom stereocenters. The second-order valence-electron chi connectivity index (χ2n) is 8.46. The molecule has 2 aromatic rings. The van der Waals surface area contributed by atoms with Gasteiger partial charge in [-0.1, -0.05) is 43.2 Å². The number of ether oxygens (including phenoxy) is 1. The first-order valence-corrected chi connectivity index (χ1v) is 11.1. The Balaban J connectivity index is 1.63. The summed E-state index contributed by atoms with van der Waals surface area (Å²) in [6.45, 7) is 1.91. The molecule has 1 heterocycles. The lowest BCUT2D eigenvalue weighted by molar-refractivity contribution is -0.135. The first-order valence-electron chi connectivity index (χ1n) is 11.1. The van der Waals surface area contributed by atoms with Gasteiger partial charge < -0.3 is 20.3 Å². The van der Waals surface area contributed by atoms with Gasteiger partial charge >= 0.3 is 0 Å². The van der Waals surface area contributed by atoms with Crippen LogP contribution in [0, 0.1) is 6.92 Å². The molecule has 2 N–H and O–H groups in total. The summed E-state index contributed by atoms with van der Waals surface area (Å²) >= 11 is 0. The Hall–Kier alpha value is -3.35. The maximum absolute atomic E-state index is 13.7. The minimum Gasteiger partial charge on any atom is -0.496 e. The van der Waals surface area contributed by atoms with Gasteiger partial charge in [0.15, 0.2) is 0 Å². The zero-order chi connectivity index (χ0) is 22.7. The summed E-state index contributed by atoms with van der Waals surface area (Å²) in [6.07, 6.45) is 3.51. The number of nitrogens with one attached hydrogen (secondary N) is 2. The summed E-state index contributed by atoms with van der Waals surface area (Å²) in [5, 5.41) is 5.96. The number of benzene rings is 2. The van der Waals surface area contributed by atoms with Crippen LogP contribution >= 0.6 is 0 Å². The van der Waals surface area contributed by atoms with E-state index in [0.717, 1.165) is 31.2 Å². The average molecular weight is 436 g/mol. The number of anilines is 1. The molecule has 2 fully saturated rings. The van der Waals surface area contributed by atoms with Gasteiger partial charge in [-0.3, -0.25) is 14.4 Å². The van der Waals surface area contributed by atoms with Gasteiger partial charge in [0, 0.05) is 11.7 Å². The van der Waals surface area contributed by atoms with Crippen molar-refractivity contribution in [2.24, 2.45) is 0 Å². The lowest BCUT2D eigenvalue weighted by atomic mass is 9.84. The van der Waals surface area contributed by atoms with E-state index in [4.69, 9.17) is 4.74 Å². The Morgan fingerprint density at radius 2 is 1.81 bits per heavy atom. The molecule has 1 aliphatic carbocycles. The standard InChI is InChI=1S/C25H29N3O4/c1-16-9-3-5-11-18(16)26-23(29)15-21-24(30)27-19-12-6-7-13-20(19)28(21)25(31)17-10-4-8-14-22(17)32-2/h3-5,8-11,14,19-21H,6-7,12-13,15H2,1-2H3,(H,26,29)(H,27,30)/t19-,20+,21+/m1/s1. The van der Waals surface area contributed by atoms with Crippen molar-refractivity contribution in [3.63, 3.8) is 0 Å². The molecular weight excluding hydrogens is 406 g/mol. The number of rotatable bonds is 5. The number of hydrogen-bond donors (Lipinski definition) is 2. The van der Waals surface area contributed by atoms with Crippen LogP contribution in [0.25, 0.3) is 0 Å². The topological polar surface area (TPSA) is 87.7 Å². The highest BCUT2D eigenvalue weighted by molar-refractivity contribution is 6.03. The Bertz CT molecular complexity index is 1020. The van der Waals surface area contributed by atoms with Crippen LogP contribution in [0.1, 0.15) is 48.0 Å². The van der Waals surface area contributed by atoms with E-state index in [1.54, 1.807) is 29.2 Å². The van der Waals surface area contributed by atoms with Crippen molar-refractivity contribution in [1.29, 1.82) is 0 Å². The molecule has 7 heteroatoms. The van der Waals surface area contributed by atoms with Gasteiger partial charge in [-0.2, -0.15) is 0 Å². The molecule has 0 bridgehead atoms. The zero-order valence-corrected chi connectivity index (χ0v) is 18.5. The quantitative estimate of drug-likeness (QED) is 0.755. The largest absolute Gasteiger partial charge is 0.496 e. The number of amides is 3. The minimum atomic E-state index is -0.879. The predicted octanol–water partition coefficient (Wildman–Crippen LogP) is 3.28. The van der Waals surface area contributed by atoms with E-state index in [1.165, 1.54) is 7.11 Å². The van der Waals surface area contributed by atoms with E-state index in [2.05, 4.69) is 10.6 Å². The highest BCUT2D eigenvalue weighted by Gasteiger charge is 2.46. The van der Waals surface area contributed by atoms with Crippen molar-refractivity contribution in [2.75, 3.05) is 12.4 Å². The smallest absolute Gasteiger partial charge is 0.258 e. The van der Waals surface area contributed by atoms with Gasteiger partial charge in [0.05, 0.1) is 25.1 Å². The number of carbonyl (C=O) groups is 3. The van der Waals surface area contributed by atoms with Crippen molar-refractivity contribution in [3.8, 4) is 5.75 Å². The third-order valence-corrected chi connectivity index (χ3v) is 6.42. The van der Waals surface area contributed by atoms with E-state index in [9.17, 15) is 14.4 Å². The third kappa shape index (κ3) is 4.33. The maximum Gasteiger partial charge on any atom is 0.258 e. The van der Waals surface area contributed by atoms with E-state index in [1.807, 2.05) is 31.2 Å². The molecule has 0 aromatic heterocycles. The molecule has 0 spiro atoms. The number of fused-ring (bicyclic) bond motifs is 1. The fraction of sp³-hybridized carbons (Fsp3) is 0.400. The van der Waals surface area contributed by atoms with Gasteiger partial charge in [-0.15, -0.1) is 0 Å². The molecular formula is C25H29N3O4. The third-order valence-electron chi connectivity index (χ3n) is 6.42. The van der Waals surface area contributed by atoms with Crippen molar-refractivity contribution in [3.05, 3.63) is 59.7 Å². The lowest BCUT2D eigenvalue weighted by Gasteiger charge is -2.48. The van der Waals surface area contributed by atoms with Crippen molar-refractivity contribution in [1.82, 2.24) is 10.2 Å². The normalized spacial score (nSPS) is 22.5. The predicted molar refractivity (Wildman–Crippen MR) is 122 cm³/mol. The summed E-state index contributed by atoms with van der Waals surface area (Å²) in [4.78, 5) is 41.4. The van der Waals surface area contributed by atoms with Crippen LogP contribution in [0.5, 0.6) is 5.75 Å². The molecule has 4 rings (SSSR count). The van der Waals surface area contributed by atoms with Crippen molar-refractivity contribution < 1.29 is 19.1 Å². The Morgan fingerprint density at radius 3 is 2.59 bits per heavy atom. The summed E-state index contributed by atoms with van der Waals surface area (Å²) < 4.78 is 5.40. The number of aryl methyl sites for hydroxylation is 1. The van der Waals surface area contributed by atoms with E-state index >= 15 is 0 Å². The monoisotopic (exact) mass is 435 g/mol. The number of methoxy groups -OCH3 is 1. The summed E-state index contributed by atoms with van der Waals surface area (Å²) in [5.74, 6) is -0.398. The van der Waals surface area contributed by atoms with Gasteiger partial charge in [0.2, 0.25) is 11.8 Å². The van der Waals surface area contributed by atoms with Crippen LogP contribution in [0.2, 0.25) is 0 Å². The molecule has 32 heavy (non-hydrogen) atoms. The van der Waals surface area contributed by atoms with Crippen LogP contribution in [0.15, 0.2) is 48.5 Å². The molecule has 1 saturated heterocycles. The molecule has 0 radical (unpaired) electrons. The van der Waals surface area contributed by atoms with E-state index in [-0.39, 0.29) is 36.2 Å². The first kappa shape index (κ1) is 21.9. The zero-order valence-electron chi connectivity index (χ0n) is 18.5. The molecule has 2 aliphatic rings. The second-order valence-corrected chi connectivity index (χ2v) is 8.46. The van der Waals surface area contributed by atoms with E-state index < -0.39 is 6.04 Å². The summed E-state index contributed by atoms with van der Waals surface area (Å²) in [5.41, 5.74) is 2.04. The molecule has 7 nitrogen and oxygen atoms in total. The molecule has 3 amide bonds. The summed E-state index contributed by atoms with van der Waals surface area (Å²) in [6, 6.07) is 13.4. The van der Waals surface area contributed by atoms with Crippen LogP contribution in [0.3, 0.4) is 0 Å². The van der Waals surface area contributed by atoms with Crippen LogP contribution in [-0.4, -0.2) is 47.9 Å². The average Bonchev–Trinajstić information content (AvgIpc) is 2.80. The number of hydrogen-bond acceptors (Lipinski definition) is 4. The molecule has 168 valence electrons. The second kappa shape index (κ2) is 9.42. The highest BCUT2D eigenvalue weighted by atomic mass is 16.5. The summed E-state index contributed by atoms with van der Waals surface area (Å²) in [7, 11) is 1.52. The van der Waals surface area contributed by atoms with Crippen LogP contribution in [0.4, 0.5) is 5.69 Å². The van der Waals surface area contributed by atoms with Gasteiger partial charge in [0.25, 0.3) is 5.91 Å². The molecule has 2 aromatic carbocycles. The highest BCUT2D eigenvalue weighted by Crippen LogP contribution is 2.32. The van der Waals surface area contributed by atoms with Crippen LogP contribution < -0.4 is 15.4 Å². The Kier molecular flexibility index (Phi) is 6.44. The van der Waals surface area contributed by atoms with Gasteiger partial charge in [-0.25, -0.2) is 0 Å². The first-order chi connectivity index (χ1) is 15.5. The molecule has 0 unspecified atom stereocenters. The molecule has 1 aliphatic heterocycles. The number of piperazine rings is 1. The lowest BCUT2D eigenvalue weighted by Crippen LogP contribution is -2.68. The Morgan fingerprint density at radius 1 is 1.09 bits per heavy atom. The van der Waals surface area contributed by atoms with Gasteiger partial charge in [0.1, 0.15) is 11.8 Å². The number of para-hydroxylation sites is 2. The fourth-order valence-corrected chi connectivity index (χ4v) is 4.78.